The van der Waals surface area contributed by atoms with Gasteiger partial charge in [0.15, 0.2) is 20.0 Å². The van der Waals surface area contributed by atoms with Crippen LogP contribution in [-0.4, -0.2) is 55.3 Å². The Bertz CT molecular complexity index is 2480. The topological polar surface area (TPSA) is 142 Å². The third-order valence-corrected chi connectivity index (χ3v) is 9.79. The lowest BCUT2D eigenvalue weighted by atomic mass is 10.2. The number of hydrogen-bond donors (Lipinski definition) is 0. The molecule has 0 aliphatic carbocycles. The molecule has 13 heteroatoms. The van der Waals surface area contributed by atoms with E-state index in [1.54, 1.807) is 12.4 Å². The molecule has 11 nitrogen and oxygen atoms in total. The fourth-order valence-electron chi connectivity index (χ4n) is 5.39. The van der Waals surface area contributed by atoms with Crippen LogP contribution in [0.1, 0.15) is 0 Å². The maximum Gasteiger partial charge on any atom is 0.166 e. The highest BCUT2D eigenvalue weighted by Gasteiger charge is 2.16. The second-order valence-corrected chi connectivity index (χ2v) is 13.3. The molecule has 0 radical (unpaired) electrons. The van der Waals surface area contributed by atoms with E-state index in [9.17, 15) is 0 Å². The van der Waals surface area contributed by atoms with Crippen LogP contribution < -0.4 is 0 Å². The van der Waals surface area contributed by atoms with Crippen LogP contribution in [0, 0.1) is 0 Å². The molecule has 9 aromatic heterocycles. The van der Waals surface area contributed by atoms with Gasteiger partial charge in [-0.15, -0.1) is 20.4 Å². The molecule has 0 spiro atoms. The van der Waals surface area contributed by atoms with E-state index in [0.29, 0.717) is 42.8 Å². The molecule has 0 unspecified atom stereocenters. The van der Waals surface area contributed by atoms with Gasteiger partial charge in [0.1, 0.15) is 22.8 Å². The first kappa shape index (κ1) is 31.2. The number of pyridine rings is 7. The molecule has 0 bridgehead atoms. The lowest BCUT2D eigenvalue weighted by molar-refractivity contribution is 1.07. The smallest absolute Gasteiger partial charge is 0.166 e. The first-order chi connectivity index (χ1) is 25.7. The second kappa shape index (κ2) is 13.8. The predicted molar refractivity (Wildman–Crippen MR) is 201 cm³/mol. The third kappa shape index (κ3) is 6.44. The first-order valence-corrected chi connectivity index (χ1v) is 17.7. The van der Waals surface area contributed by atoms with Crippen LogP contribution in [0.2, 0.25) is 0 Å². The van der Waals surface area contributed by atoms with E-state index in [2.05, 4.69) is 30.4 Å². The Labute approximate surface area is 305 Å². The van der Waals surface area contributed by atoms with Crippen molar-refractivity contribution in [2.45, 2.75) is 0 Å². The summed E-state index contributed by atoms with van der Waals surface area (Å²) in [6.45, 7) is 0. The number of hydrogen-bond acceptors (Lipinski definition) is 13. The van der Waals surface area contributed by atoms with Crippen molar-refractivity contribution < 1.29 is 0 Å². The van der Waals surface area contributed by atoms with E-state index < -0.39 is 0 Å². The largest absolute Gasteiger partial charge is 0.255 e. The quantitative estimate of drug-likeness (QED) is 0.150. The van der Waals surface area contributed by atoms with E-state index in [1.807, 2.05) is 127 Å². The van der Waals surface area contributed by atoms with Gasteiger partial charge in [-0.2, -0.15) is 0 Å². The Morgan fingerprint density at radius 1 is 0.250 bits per heavy atom. The molecule has 0 atom stereocenters. The van der Waals surface area contributed by atoms with Crippen LogP contribution in [0.25, 0.3) is 88.4 Å². The van der Waals surface area contributed by atoms with Gasteiger partial charge in [0.05, 0.1) is 45.6 Å². The minimum atomic E-state index is 0.666. The molecule has 0 fully saturated rings. The standard InChI is InChI=1S/C39H23N11S2/c1-3-22-40-24(10-1)26-12-5-14-28(42-26)30-16-7-18-32(44-30)36-47-49-38(51-36)34-20-9-21-35(46-34)39-50-48-37(52-39)33-19-8-17-31(45-33)29-15-6-13-27(43-29)25-11-2-4-23-41-25/h1-23H. The SMILES string of the molecule is c1ccc(-c2cccc(-c3cccc(-c4nnc(-c5cccc(-c6nnc(-c7cccc(-c8cccc(-c9ccccn9)n8)n7)s6)n5)s4)n3)n2)nc1. The zero-order valence-corrected chi connectivity index (χ0v) is 28.6. The Balaban J connectivity index is 0.951. The van der Waals surface area contributed by atoms with Gasteiger partial charge in [-0.1, -0.05) is 65.1 Å². The van der Waals surface area contributed by atoms with E-state index in [4.69, 9.17) is 24.9 Å². The highest BCUT2D eigenvalue weighted by Crippen LogP contribution is 2.33. The summed E-state index contributed by atoms with van der Waals surface area (Å²) in [6.07, 6.45) is 3.51. The van der Waals surface area contributed by atoms with Crippen molar-refractivity contribution in [1.29, 1.82) is 0 Å². The zero-order valence-electron chi connectivity index (χ0n) is 27.0. The molecular weight excluding hydrogens is 687 g/mol. The number of aromatic nitrogens is 11. The molecule has 52 heavy (non-hydrogen) atoms. The minimum absolute atomic E-state index is 0.666. The van der Waals surface area contributed by atoms with Gasteiger partial charge in [0.2, 0.25) is 0 Å². The van der Waals surface area contributed by atoms with Crippen LogP contribution in [-0.2, 0) is 0 Å². The average Bonchev–Trinajstić information content (AvgIpc) is 3.94. The summed E-state index contributed by atoms with van der Waals surface area (Å²) in [5.41, 5.74) is 8.87. The molecule has 0 aliphatic heterocycles. The highest BCUT2D eigenvalue weighted by atomic mass is 32.1. The van der Waals surface area contributed by atoms with E-state index >= 15 is 0 Å². The van der Waals surface area contributed by atoms with Crippen LogP contribution in [0.15, 0.2) is 140 Å². The highest BCUT2D eigenvalue weighted by molar-refractivity contribution is 7.18. The summed E-state index contributed by atoms with van der Waals surface area (Å²) >= 11 is 2.84. The van der Waals surface area contributed by atoms with E-state index in [-0.39, 0.29) is 0 Å². The average molecular weight is 710 g/mol. The molecule has 0 saturated carbocycles. The zero-order chi connectivity index (χ0) is 34.7. The van der Waals surface area contributed by atoms with E-state index in [1.165, 1.54) is 22.7 Å². The molecular formula is C39H23N11S2. The summed E-state index contributed by atoms with van der Waals surface area (Å²) in [7, 11) is 0. The van der Waals surface area contributed by atoms with Crippen molar-refractivity contribution in [1.82, 2.24) is 55.3 Å². The van der Waals surface area contributed by atoms with Gasteiger partial charge < -0.3 is 0 Å². The normalized spacial score (nSPS) is 11.1. The van der Waals surface area contributed by atoms with Gasteiger partial charge >= 0.3 is 0 Å². The third-order valence-electron chi connectivity index (χ3n) is 7.85. The lowest BCUT2D eigenvalue weighted by Gasteiger charge is -2.05. The minimum Gasteiger partial charge on any atom is -0.255 e. The van der Waals surface area contributed by atoms with Crippen LogP contribution in [0.5, 0.6) is 0 Å². The molecule has 9 rings (SSSR count). The number of rotatable bonds is 8. The Hall–Kier alpha value is -6.83. The summed E-state index contributed by atoms with van der Waals surface area (Å²) < 4.78 is 0. The fraction of sp³-hybridized carbons (Fsp3) is 0. The first-order valence-electron chi connectivity index (χ1n) is 16.1. The lowest BCUT2D eigenvalue weighted by Crippen LogP contribution is -1.92. The van der Waals surface area contributed by atoms with Gasteiger partial charge in [0.25, 0.3) is 0 Å². The molecule has 9 aromatic rings. The van der Waals surface area contributed by atoms with Crippen molar-refractivity contribution in [3.8, 4) is 88.4 Å². The monoisotopic (exact) mass is 709 g/mol. The van der Waals surface area contributed by atoms with Gasteiger partial charge in [-0.3, -0.25) is 9.97 Å². The van der Waals surface area contributed by atoms with Crippen molar-refractivity contribution in [2.24, 2.45) is 0 Å². The van der Waals surface area contributed by atoms with Gasteiger partial charge in [0, 0.05) is 12.4 Å². The van der Waals surface area contributed by atoms with Crippen molar-refractivity contribution >= 4 is 22.7 Å². The summed E-state index contributed by atoms with van der Waals surface area (Å²) in [6, 6.07) is 40.5. The molecule has 0 saturated heterocycles. The van der Waals surface area contributed by atoms with Gasteiger partial charge in [-0.05, 0) is 84.9 Å². The van der Waals surface area contributed by atoms with Crippen molar-refractivity contribution in [2.75, 3.05) is 0 Å². The van der Waals surface area contributed by atoms with E-state index in [0.717, 1.165) is 45.6 Å². The Morgan fingerprint density at radius 3 is 0.808 bits per heavy atom. The fourth-order valence-corrected chi connectivity index (χ4v) is 6.96. The summed E-state index contributed by atoms with van der Waals surface area (Å²) in [5, 5.41) is 20.5. The maximum atomic E-state index is 4.88. The Kier molecular flexibility index (Phi) is 8.29. The maximum absolute atomic E-state index is 4.88. The molecule has 0 amide bonds. The second-order valence-electron chi connectivity index (χ2n) is 11.3. The summed E-state index contributed by atoms with van der Waals surface area (Å²) in [4.78, 5) is 33.1. The predicted octanol–water partition coefficient (Wildman–Crippen LogP) is 8.49. The molecule has 0 aliphatic rings. The van der Waals surface area contributed by atoms with Crippen molar-refractivity contribution in [3.63, 3.8) is 0 Å². The number of nitrogens with zero attached hydrogens (tertiary/aromatic N) is 11. The van der Waals surface area contributed by atoms with Gasteiger partial charge in [-0.25, -0.2) is 24.9 Å². The van der Waals surface area contributed by atoms with Crippen LogP contribution >= 0.6 is 22.7 Å². The summed E-state index contributed by atoms with van der Waals surface area (Å²) in [5.74, 6) is 0. The molecule has 246 valence electrons. The molecule has 0 N–H and O–H groups in total. The van der Waals surface area contributed by atoms with Crippen molar-refractivity contribution in [3.05, 3.63) is 140 Å². The molecule has 0 aromatic carbocycles. The van der Waals surface area contributed by atoms with Crippen LogP contribution in [0.3, 0.4) is 0 Å². The Morgan fingerprint density at radius 2 is 0.500 bits per heavy atom. The van der Waals surface area contributed by atoms with Crippen LogP contribution in [0.4, 0.5) is 0 Å². The molecule has 9 heterocycles.